The van der Waals surface area contributed by atoms with Crippen LogP contribution in [-0.2, 0) is 13.0 Å². The lowest BCUT2D eigenvalue weighted by molar-refractivity contribution is 0.284. The number of rotatable bonds is 4. The van der Waals surface area contributed by atoms with E-state index in [9.17, 15) is 5.11 Å². The van der Waals surface area contributed by atoms with E-state index in [4.69, 9.17) is 4.98 Å². The number of hydrogen-bond acceptors (Lipinski definition) is 4. The van der Waals surface area contributed by atoms with E-state index in [0.717, 1.165) is 41.0 Å². The molecule has 0 aliphatic carbocycles. The van der Waals surface area contributed by atoms with Crippen LogP contribution in [0.3, 0.4) is 0 Å². The van der Waals surface area contributed by atoms with Gasteiger partial charge in [0, 0.05) is 12.6 Å². The quantitative estimate of drug-likeness (QED) is 0.911. The first kappa shape index (κ1) is 13.8. The molecule has 1 saturated heterocycles. The molecular weight excluding hydrogens is 244 g/mol. The zero-order valence-corrected chi connectivity index (χ0v) is 12.5. The molecule has 0 spiro atoms. The first-order valence-electron chi connectivity index (χ1n) is 7.01. The molecule has 18 heavy (non-hydrogen) atoms. The summed E-state index contributed by atoms with van der Waals surface area (Å²) < 4.78 is 0. The Bertz CT molecular complexity index is 391. The largest absolute Gasteiger partial charge is 0.391 e. The molecule has 0 saturated carbocycles. The second kappa shape index (κ2) is 6.02. The number of nitrogens with zero attached hydrogens (tertiary/aromatic N) is 2. The fraction of sp³-hybridized carbons (Fsp3) is 0.786. The Hall–Kier alpha value is -0.610. The molecule has 3 nitrogen and oxygen atoms in total. The molecule has 2 unspecified atom stereocenters. The van der Waals surface area contributed by atoms with Gasteiger partial charge in [-0.3, -0.25) is 0 Å². The average Bonchev–Trinajstić information content (AvgIpc) is 2.72. The molecule has 0 aromatic carbocycles. The van der Waals surface area contributed by atoms with Crippen molar-refractivity contribution in [2.45, 2.75) is 59.1 Å². The highest BCUT2D eigenvalue weighted by molar-refractivity contribution is 7.15. The highest BCUT2D eigenvalue weighted by Crippen LogP contribution is 2.33. The summed E-state index contributed by atoms with van der Waals surface area (Å²) in [4.78, 5) is 8.23. The van der Waals surface area contributed by atoms with Crippen molar-refractivity contribution in [1.29, 1.82) is 0 Å². The number of aromatic nitrogens is 1. The second-order valence-corrected chi connectivity index (χ2v) is 6.51. The average molecular weight is 268 g/mol. The SMILES string of the molecule is CCCc1nc(N2CCC(C)CC2C)sc1CO. The van der Waals surface area contributed by atoms with Crippen molar-refractivity contribution in [1.82, 2.24) is 4.98 Å². The summed E-state index contributed by atoms with van der Waals surface area (Å²) in [5.41, 5.74) is 1.10. The lowest BCUT2D eigenvalue weighted by Gasteiger charge is -2.36. The number of anilines is 1. The van der Waals surface area contributed by atoms with E-state index in [1.54, 1.807) is 11.3 Å². The third kappa shape index (κ3) is 2.86. The summed E-state index contributed by atoms with van der Waals surface area (Å²) >= 11 is 1.68. The van der Waals surface area contributed by atoms with Crippen molar-refractivity contribution in [2.24, 2.45) is 5.92 Å². The van der Waals surface area contributed by atoms with E-state index in [0.29, 0.717) is 6.04 Å². The molecule has 4 heteroatoms. The van der Waals surface area contributed by atoms with Gasteiger partial charge in [-0.1, -0.05) is 31.6 Å². The van der Waals surface area contributed by atoms with E-state index < -0.39 is 0 Å². The van der Waals surface area contributed by atoms with Crippen LogP contribution in [0.4, 0.5) is 5.13 Å². The molecule has 0 bridgehead atoms. The highest BCUT2D eigenvalue weighted by atomic mass is 32.1. The van der Waals surface area contributed by atoms with Crippen molar-refractivity contribution < 1.29 is 5.11 Å². The predicted molar refractivity (Wildman–Crippen MR) is 77.2 cm³/mol. The molecular formula is C14H24N2OS. The molecule has 2 heterocycles. The molecule has 1 aromatic rings. The van der Waals surface area contributed by atoms with Crippen LogP contribution in [0, 0.1) is 5.92 Å². The van der Waals surface area contributed by atoms with Gasteiger partial charge < -0.3 is 10.0 Å². The molecule has 1 aliphatic heterocycles. The van der Waals surface area contributed by atoms with Gasteiger partial charge in [-0.05, 0) is 32.1 Å². The van der Waals surface area contributed by atoms with Gasteiger partial charge in [0.2, 0.25) is 0 Å². The minimum atomic E-state index is 0.131. The molecule has 1 fully saturated rings. The van der Waals surface area contributed by atoms with Gasteiger partial charge in [0.1, 0.15) is 0 Å². The van der Waals surface area contributed by atoms with E-state index in [-0.39, 0.29) is 6.61 Å². The van der Waals surface area contributed by atoms with Crippen molar-refractivity contribution in [2.75, 3.05) is 11.4 Å². The Kier molecular flexibility index (Phi) is 4.62. The number of piperidine rings is 1. The number of hydrogen-bond donors (Lipinski definition) is 1. The summed E-state index contributed by atoms with van der Waals surface area (Å²) in [5.74, 6) is 0.823. The summed E-state index contributed by atoms with van der Waals surface area (Å²) in [5, 5.41) is 10.5. The van der Waals surface area contributed by atoms with Crippen molar-refractivity contribution >= 4 is 16.5 Å². The van der Waals surface area contributed by atoms with Gasteiger partial charge >= 0.3 is 0 Å². The predicted octanol–water partition coefficient (Wildman–Crippen LogP) is 3.21. The van der Waals surface area contributed by atoms with Crippen molar-refractivity contribution in [3.05, 3.63) is 10.6 Å². The van der Waals surface area contributed by atoms with E-state index in [1.807, 2.05) is 0 Å². The van der Waals surface area contributed by atoms with Crippen LogP contribution in [0.2, 0.25) is 0 Å². The highest BCUT2D eigenvalue weighted by Gasteiger charge is 2.25. The van der Waals surface area contributed by atoms with Crippen LogP contribution in [0.25, 0.3) is 0 Å². The van der Waals surface area contributed by atoms with Crippen molar-refractivity contribution in [3.63, 3.8) is 0 Å². The number of thiazole rings is 1. The second-order valence-electron chi connectivity index (χ2n) is 5.45. The molecule has 0 amide bonds. The lowest BCUT2D eigenvalue weighted by atomic mass is 9.94. The van der Waals surface area contributed by atoms with Gasteiger partial charge in [0.25, 0.3) is 0 Å². The summed E-state index contributed by atoms with van der Waals surface area (Å²) in [6.07, 6.45) is 4.56. The zero-order chi connectivity index (χ0) is 13.1. The Labute approximate surface area is 114 Å². The van der Waals surface area contributed by atoms with Gasteiger partial charge in [0.15, 0.2) is 5.13 Å². The lowest BCUT2D eigenvalue weighted by Crippen LogP contribution is -2.40. The Balaban J connectivity index is 2.17. The van der Waals surface area contributed by atoms with Crippen LogP contribution < -0.4 is 4.90 Å². The Morgan fingerprint density at radius 1 is 1.44 bits per heavy atom. The van der Waals surface area contributed by atoms with Crippen LogP contribution >= 0.6 is 11.3 Å². The van der Waals surface area contributed by atoms with Gasteiger partial charge in [-0.2, -0.15) is 0 Å². The van der Waals surface area contributed by atoms with E-state index in [2.05, 4.69) is 25.7 Å². The smallest absolute Gasteiger partial charge is 0.186 e. The Morgan fingerprint density at radius 3 is 2.83 bits per heavy atom. The minimum Gasteiger partial charge on any atom is -0.391 e. The minimum absolute atomic E-state index is 0.131. The van der Waals surface area contributed by atoms with Gasteiger partial charge in [-0.15, -0.1) is 0 Å². The number of aliphatic hydroxyl groups excluding tert-OH is 1. The van der Waals surface area contributed by atoms with Crippen LogP contribution in [-0.4, -0.2) is 22.7 Å². The topological polar surface area (TPSA) is 36.4 Å². The summed E-state index contributed by atoms with van der Waals surface area (Å²) in [6.45, 7) is 8.01. The van der Waals surface area contributed by atoms with Crippen LogP contribution in [0.1, 0.15) is 50.6 Å². The van der Waals surface area contributed by atoms with Gasteiger partial charge in [-0.25, -0.2) is 4.98 Å². The third-order valence-corrected chi connectivity index (χ3v) is 4.90. The first-order chi connectivity index (χ1) is 8.65. The fourth-order valence-electron chi connectivity index (χ4n) is 2.74. The zero-order valence-electron chi connectivity index (χ0n) is 11.6. The van der Waals surface area contributed by atoms with Crippen molar-refractivity contribution in [3.8, 4) is 0 Å². The normalized spacial score (nSPS) is 24.6. The maximum Gasteiger partial charge on any atom is 0.186 e. The molecule has 1 aliphatic rings. The third-order valence-electron chi connectivity index (χ3n) is 3.78. The monoisotopic (exact) mass is 268 g/mol. The standard InChI is InChI=1S/C14H24N2OS/c1-4-5-12-13(9-17)18-14(15-12)16-7-6-10(2)8-11(16)3/h10-11,17H,4-9H2,1-3H3. The molecule has 1 N–H and O–H groups in total. The van der Waals surface area contributed by atoms with Crippen LogP contribution in [0.15, 0.2) is 0 Å². The van der Waals surface area contributed by atoms with E-state index >= 15 is 0 Å². The summed E-state index contributed by atoms with van der Waals surface area (Å²) in [6, 6.07) is 0.570. The molecule has 102 valence electrons. The summed E-state index contributed by atoms with van der Waals surface area (Å²) in [7, 11) is 0. The number of aliphatic hydroxyl groups is 1. The molecule has 0 radical (unpaired) electrons. The molecule has 2 rings (SSSR count). The van der Waals surface area contributed by atoms with E-state index in [1.165, 1.54) is 12.8 Å². The van der Waals surface area contributed by atoms with Crippen LogP contribution in [0.5, 0.6) is 0 Å². The maximum absolute atomic E-state index is 9.42. The molecule has 1 aromatic heterocycles. The van der Waals surface area contributed by atoms with Gasteiger partial charge in [0.05, 0.1) is 17.2 Å². The fourth-order valence-corrected chi connectivity index (χ4v) is 3.83. The number of aryl methyl sites for hydroxylation is 1. The molecule has 2 atom stereocenters. The Morgan fingerprint density at radius 2 is 2.22 bits per heavy atom. The first-order valence-corrected chi connectivity index (χ1v) is 7.83. The maximum atomic E-state index is 9.42.